The molecule has 17 heavy (non-hydrogen) atoms. The van der Waals surface area contributed by atoms with E-state index in [1.54, 1.807) is 0 Å². The van der Waals surface area contributed by atoms with Crippen LogP contribution < -0.4 is 5.73 Å². The predicted molar refractivity (Wildman–Crippen MR) is 65.3 cm³/mol. The molecule has 0 radical (unpaired) electrons. The maximum atomic E-state index is 6.04. The number of nitrogens with two attached hydrogens (primary N) is 1. The summed E-state index contributed by atoms with van der Waals surface area (Å²) >= 11 is 0. The van der Waals surface area contributed by atoms with Crippen molar-refractivity contribution in [3.8, 4) is 11.4 Å². The number of benzene rings is 1. The van der Waals surface area contributed by atoms with Gasteiger partial charge in [0.15, 0.2) is 5.82 Å². The molecule has 1 saturated carbocycles. The third-order valence-electron chi connectivity index (χ3n) is 3.48. The molecule has 0 spiro atoms. The lowest BCUT2D eigenvalue weighted by atomic mass is 10.1. The standard InChI is InChI=1S/C12H15N5/c1-8-4-3-5-9(13)10(8)11-14-15-16-17(11)12(2)6-7-12/h3-5H,6-7,13H2,1-2H3. The molecule has 0 amide bonds. The monoisotopic (exact) mass is 229 g/mol. The van der Waals surface area contributed by atoms with Crippen molar-refractivity contribution in [3.05, 3.63) is 23.8 Å². The van der Waals surface area contributed by atoms with E-state index in [2.05, 4.69) is 22.4 Å². The Morgan fingerprint density at radius 3 is 2.76 bits per heavy atom. The molecule has 88 valence electrons. The molecule has 1 fully saturated rings. The Balaban J connectivity index is 2.19. The van der Waals surface area contributed by atoms with Gasteiger partial charge in [-0.25, -0.2) is 4.68 Å². The Morgan fingerprint density at radius 1 is 1.35 bits per heavy atom. The zero-order chi connectivity index (χ0) is 12.0. The van der Waals surface area contributed by atoms with Crippen LogP contribution in [0.5, 0.6) is 0 Å². The predicted octanol–water partition coefficient (Wildman–Crippen LogP) is 1.74. The number of hydrogen-bond donors (Lipinski definition) is 1. The summed E-state index contributed by atoms with van der Waals surface area (Å²) in [6.07, 6.45) is 2.24. The summed E-state index contributed by atoms with van der Waals surface area (Å²) in [7, 11) is 0. The van der Waals surface area contributed by atoms with Crippen molar-refractivity contribution in [2.75, 3.05) is 5.73 Å². The van der Waals surface area contributed by atoms with Gasteiger partial charge in [0.2, 0.25) is 0 Å². The number of aromatic nitrogens is 4. The highest BCUT2D eigenvalue weighted by atomic mass is 15.6. The first-order valence-corrected chi connectivity index (χ1v) is 5.76. The van der Waals surface area contributed by atoms with E-state index in [9.17, 15) is 0 Å². The second kappa shape index (κ2) is 3.29. The van der Waals surface area contributed by atoms with Gasteiger partial charge >= 0.3 is 0 Å². The number of nitrogens with zero attached hydrogens (tertiary/aromatic N) is 4. The first kappa shape index (κ1) is 10.3. The number of aryl methyl sites for hydroxylation is 1. The van der Waals surface area contributed by atoms with Crippen molar-refractivity contribution < 1.29 is 0 Å². The van der Waals surface area contributed by atoms with E-state index in [1.165, 1.54) is 0 Å². The summed E-state index contributed by atoms with van der Waals surface area (Å²) in [6.45, 7) is 4.20. The number of anilines is 1. The minimum Gasteiger partial charge on any atom is -0.398 e. The Labute approximate surface area is 99.6 Å². The fourth-order valence-corrected chi connectivity index (χ4v) is 2.10. The second-order valence-electron chi connectivity index (χ2n) is 4.95. The maximum absolute atomic E-state index is 6.04. The average Bonchev–Trinajstić information content (AvgIpc) is 2.85. The summed E-state index contributed by atoms with van der Waals surface area (Å²) in [5, 5.41) is 12.0. The summed E-state index contributed by atoms with van der Waals surface area (Å²) in [4.78, 5) is 0. The van der Waals surface area contributed by atoms with Crippen molar-refractivity contribution >= 4 is 5.69 Å². The molecular formula is C12H15N5. The molecule has 1 aliphatic carbocycles. The van der Waals surface area contributed by atoms with E-state index in [1.807, 2.05) is 29.8 Å². The van der Waals surface area contributed by atoms with Gasteiger partial charge in [-0.1, -0.05) is 12.1 Å². The molecule has 5 nitrogen and oxygen atoms in total. The molecule has 5 heteroatoms. The number of hydrogen-bond acceptors (Lipinski definition) is 4. The van der Waals surface area contributed by atoms with E-state index in [-0.39, 0.29) is 5.54 Å². The molecule has 0 saturated heterocycles. The Morgan fingerprint density at radius 2 is 2.12 bits per heavy atom. The van der Waals surface area contributed by atoms with Crippen LogP contribution in [-0.4, -0.2) is 20.2 Å². The molecule has 1 aromatic heterocycles. The van der Waals surface area contributed by atoms with Crippen LogP contribution in [0, 0.1) is 6.92 Å². The Kier molecular flexibility index (Phi) is 1.98. The topological polar surface area (TPSA) is 69.6 Å². The second-order valence-corrected chi connectivity index (χ2v) is 4.95. The zero-order valence-electron chi connectivity index (χ0n) is 10.0. The van der Waals surface area contributed by atoms with Crippen LogP contribution >= 0.6 is 0 Å². The molecule has 0 aliphatic heterocycles. The van der Waals surface area contributed by atoms with E-state index in [0.717, 1.165) is 35.5 Å². The normalized spacial score (nSPS) is 17.1. The van der Waals surface area contributed by atoms with Crippen molar-refractivity contribution in [2.45, 2.75) is 32.2 Å². The van der Waals surface area contributed by atoms with Gasteiger partial charge in [-0.2, -0.15) is 0 Å². The van der Waals surface area contributed by atoms with E-state index >= 15 is 0 Å². The lowest BCUT2D eigenvalue weighted by Crippen LogP contribution is -2.16. The van der Waals surface area contributed by atoms with E-state index < -0.39 is 0 Å². The van der Waals surface area contributed by atoms with E-state index in [4.69, 9.17) is 5.73 Å². The fraction of sp³-hybridized carbons (Fsp3) is 0.417. The zero-order valence-corrected chi connectivity index (χ0v) is 10.0. The summed E-state index contributed by atoms with van der Waals surface area (Å²) < 4.78 is 1.91. The average molecular weight is 229 g/mol. The van der Waals surface area contributed by atoms with Gasteiger partial charge in [-0.05, 0) is 48.7 Å². The SMILES string of the molecule is Cc1cccc(N)c1-c1nnnn1C1(C)CC1. The third kappa shape index (κ3) is 1.50. The highest BCUT2D eigenvalue weighted by Crippen LogP contribution is 2.44. The smallest absolute Gasteiger partial charge is 0.184 e. The molecule has 1 aliphatic rings. The van der Waals surface area contributed by atoms with Gasteiger partial charge < -0.3 is 5.73 Å². The van der Waals surface area contributed by atoms with Gasteiger partial charge in [-0.3, -0.25) is 0 Å². The van der Waals surface area contributed by atoms with Gasteiger partial charge in [0.1, 0.15) is 0 Å². The summed E-state index contributed by atoms with van der Waals surface area (Å²) in [5.74, 6) is 0.778. The molecule has 0 atom stereocenters. The number of tetrazole rings is 1. The van der Waals surface area contributed by atoms with E-state index in [0.29, 0.717) is 0 Å². The summed E-state index contributed by atoms with van der Waals surface area (Å²) in [5.41, 5.74) is 8.89. The highest BCUT2D eigenvalue weighted by Gasteiger charge is 2.43. The lowest BCUT2D eigenvalue weighted by molar-refractivity contribution is 0.463. The molecule has 0 bridgehead atoms. The van der Waals surface area contributed by atoms with Crippen LogP contribution in [0.25, 0.3) is 11.4 Å². The van der Waals surface area contributed by atoms with Gasteiger partial charge in [0, 0.05) is 11.3 Å². The quantitative estimate of drug-likeness (QED) is 0.796. The van der Waals surface area contributed by atoms with Crippen LogP contribution in [0.1, 0.15) is 25.3 Å². The van der Waals surface area contributed by atoms with Crippen LogP contribution in [0.4, 0.5) is 5.69 Å². The molecule has 3 rings (SSSR count). The van der Waals surface area contributed by atoms with Crippen LogP contribution in [-0.2, 0) is 5.54 Å². The highest BCUT2D eigenvalue weighted by molar-refractivity contribution is 5.74. The number of rotatable bonds is 2. The van der Waals surface area contributed by atoms with Gasteiger partial charge in [0.05, 0.1) is 5.54 Å². The lowest BCUT2D eigenvalue weighted by Gasteiger charge is -2.13. The Bertz CT molecular complexity index is 548. The van der Waals surface area contributed by atoms with Crippen LogP contribution in [0.3, 0.4) is 0 Å². The maximum Gasteiger partial charge on any atom is 0.184 e. The molecule has 2 N–H and O–H groups in total. The minimum atomic E-state index is 0.0769. The van der Waals surface area contributed by atoms with Crippen molar-refractivity contribution in [3.63, 3.8) is 0 Å². The molecular weight excluding hydrogens is 214 g/mol. The van der Waals surface area contributed by atoms with Crippen molar-refractivity contribution in [2.24, 2.45) is 0 Å². The first-order chi connectivity index (χ1) is 8.12. The van der Waals surface area contributed by atoms with Crippen LogP contribution in [0.2, 0.25) is 0 Å². The summed E-state index contributed by atoms with van der Waals surface area (Å²) in [6, 6.07) is 5.86. The van der Waals surface area contributed by atoms with Gasteiger partial charge in [-0.15, -0.1) is 5.10 Å². The Hall–Kier alpha value is -1.91. The third-order valence-corrected chi connectivity index (χ3v) is 3.48. The molecule has 2 aromatic rings. The van der Waals surface area contributed by atoms with Crippen molar-refractivity contribution in [1.82, 2.24) is 20.2 Å². The molecule has 0 unspecified atom stereocenters. The minimum absolute atomic E-state index is 0.0769. The largest absolute Gasteiger partial charge is 0.398 e. The molecule has 1 aromatic carbocycles. The molecule has 1 heterocycles. The van der Waals surface area contributed by atoms with Crippen LogP contribution in [0.15, 0.2) is 18.2 Å². The first-order valence-electron chi connectivity index (χ1n) is 5.76. The van der Waals surface area contributed by atoms with Gasteiger partial charge in [0.25, 0.3) is 0 Å². The fourth-order valence-electron chi connectivity index (χ4n) is 2.10. The van der Waals surface area contributed by atoms with Crippen molar-refractivity contribution in [1.29, 1.82) is 0 Å². The number of nitrogen functional groups attached to an aromatic ring is 1.